The van der Waals surface area contributed by atoms with Crippen LogP contribution in [0.1, 0.15) is 18.9 Å². The second kappa shape index (κ2) is 10.7. The van der Waals surface area contributed by atoms with E-state index in [1.807, 2.05) is 24.3 Å². The van der Waals surface area contributed by atoms with Crippen molar-refractivity contribution in [2.45, 2.75) is 19.8 Å². The van der Waals surface area contributed by atoms with Crippen molar-refractivity contribution in [1.82, 2.24) is 5.32 Å². The lowest BCUT2D eigenvalue weighted by Crippen LogP contribution is -2.41. The van der Waals surface area contributed by atoms with Gasteiger partial charge in [0.2, 0.25) is 15.9 Å². The number of benzene rings is 2. The highest BCUT2D eigenvalue weighted by Crippen LogP contribution is 2.29. The SMILES string of the molecule is CCCc1ccc(OCCNC(=O)CN(c2ccccc2OC)S(C)(=O)=O)cc1. The van der Waals surface area contributed by atoms with Crippen LogP contribution in [0.2, 0.25) is 0 Å². The van der Waals surface area contributed by atoms with Crippen molar-refractivity contribution in [2.75, 3.05) is 37.4 Å². The average molecular weight is 421 g/mol. The molecule has 2 aromatic carbocycles. The number of amides is 1. The molecule has 0 saturated heterocycles. The monoisotopic (exact) mass is 420 g/mol. The zero-order chi connectivity index (χ0) is 21.3. The van der Waals surface area contributed by atoms with E-state index in [1.54, 1.807) is 24.3 Å². The third-order valence-electron chi connectivity index (χ3n) is 4.20. The zero-order valence-electron chi connectivity index (χ0n) is 17.1. The van der Waals surface area contributed by atoms with Gasteiger partial charge in [0.05, 0.1) is 25.6 Å². The second-order valence-electron chi connectivity index (χ2n) is 6.53. The van der Waals surface area contributed by atoms with Gasteiger partial charge < -0.3 is 14.8 Å². The fourth-order valence-corrected chi connectivity index (χ4v) is 3.66. The summed E-state index contributed by atoms with van der Waals surface area (Å²) in [6.45, 7) is 2.34. The van der Waals surface area contributed by atoms with Crippen LogP contribution in [-0.4, -0.2) is 47.4 Å². The van der Waals surface area contributed by atoms with E-state index >= 15 is 0 Å². The third kappa shape index (κ3) is 6.98. The Bertz CT molecular complexity index is 898. The Hall–Kier alpha value is -2.74. The van der Waals surface area contributed by atoms with E-state index in [2.05, 4.69) is 12.2 Å². The summed E-state index contributed by atoms with van der Waals surface area (Å²) in [5, 5.41) is 2.68. The van der Waals surface area contributed by atoms with Gasteiger partial charge in [-0.05, 0) is 36.2 Å². The van der Waals surface area contributed by atoms with E-state index in [0.717, 1.165) is 29.2 Å². The Labute approximate surface area is 172 Å². The van der Waals surface area contributed by atoms with Crippen LogP contribution >= 0.6 is 0 Å². The van der Waals surface area contributed by atoms with Gasteiger partial charge in [-0.1, -0.05) is 37.6 Å². The summed E-state index contributed by atoms with van der Waals surface area (Å²) >= 11 is 0. The highest BCUT2D eigenvalue weighted by Gasteiger charge is 2.23. The maximum atomic E-state index is 12.3. The Balaban J connectivity index is 1.89. The van der Waals surface area contributed by atoms with Crippen molar-refractivity contribution >= 4 is 21.6 Å². The molecule has 0 spiro atoms. The molecule has 158 valence electrons. The van der Waals surface area contributed by atoms with Gasteiger partial charge in [0.15, 0.2) is 0 Å². The molecule has 8 heteroatoms. The molecule has 0 aliphatic carbocycles. The predicted molar refractivity (Wildman–Crippen MR) is 114 cm³/mol. The van der Waals surface area contributed by atoms with Gasteiger partial charge in [0, 0.05) is 0 Å². The number of methoxy groups -OCH3 is 1. The van der Waals surface area contributed by atoms with Crippen LogP contribution in [0, 0.1) is 0 Å². The summed E-state index contributed by atoms with van der Waals surface area (Å²) in [6.07, 6.45) is 3.17. The van der Waals surface area contributed by atoms with Crippen LogP contribution in [0.3, 0.4) is 0 Å². The molecule has 1 N–H and O–H groups in total. The average Bonchev–Trinajstić information content (AvgIpc) is 2.70. The first-order chi connectivity index (χ1) is 13.8. The topological polar surface area (TPSA) is 84.9 Å². The van der Waals surface area contributed by atoms with Gasteiger partial charge in [0.25, 0.3) is 0 Å². The number of hydrogen-bond donors (Lipinski definition) is 1. The minimum Gasteiger partial charge on any atom is -0.495 e. The van der Waals surface area contributed by atoms with E-state index < -0.39 is 15.9 Å². The van der Waals surface area contributed by atoms with Crippen molar-refractivity contribution in [1.29, 1.82) is 0 Å². The number of nitrogens with zero attached hydrogens (tertiary/aromatic N) is 1. The molecule has 0 fully saturated rings. The molecular formula is C21H28N2O5S. The highest BCUT2D eigenvalue weighted by molar-refractivity contribution is 7.92. The quantitative estimate of drug-likeness (QED) is 0.565. The summed E-state index contributed by atoms with van der Waals surface area (Å²) in [6, 6.07) is 14.5. The van der Waals surface area contributed by atoms with E-state index in [1.165, 1.54) is 12.7 Å². The van der Waals surface area contributed by atoms with Gasteiger partial charge >= 0.3 is 0 Å². The number of hydrogen-bond acceptors (Lipinski definition) is 5. The van der Waals surface area contributed by atoms with Gasteiger partial charge in [-0.3, -0.25) is 9.10 Å². The summed E-state index contributed by atoms with van der Waals surface area (Å²) in [5.74, 6) is 0.676. The number of ether oxygens (including phenoxy) is 2. The number of aryl methyl sites for hydroxylation is 1. The summed E-state index contributed by atoms with van der Waals surface area (Å²) < 4.78 is 36.2. The normalized spacial score (nSPS) is 11.0. The second-order valence-corrected chi connectivity index (χ2v) is 8.44. The van der Waals surface area contributed by atoms with Crippen LogP contribution in [0.15, 0.2) is 48.5 Å². The molecule has 0 heterocycles. The van der Waals surface area contributed by atoms with E-state index in [9.17, 15) is 13.2 Å². The Morgan fingerprint density at radius 3 is 2.41 bits per heavy atom. The molecule has 0 radical (unpaired) electrons. The van der Waals surface area contributed by atoms with Crippen molar-refractivity contribution in [3.8, 4) is 11.5 Å². The largest absolute Gasteiger partial charge is 0.495 e. The first kappa shape index (κ1) is 22.5. The summed E-state index contributed by atoms with van der Waals surface area (Å²) in [4.78, 5) is 12.3. The number of anilines is 1. The summed E-state index contributed by atoms with van der Waals surface area (Å²) in [7, 11) is -2.22. The molecule has 7 nitrogen and oxygen atoms in total. The van der Waals surface area contributed by atoms with E-state index in [0.29, 0.717) is 11.4 Å². The lowest BCUT2D eigenvalue weighted by molar-refractivity contribution is -0.119. The van der Waals surface area contributed by atoms with E-state index in [-0.39, 0.29) is 19.7 Å². The summed E-state index contributed by atoms with van der Waals surface area (Å²) in [5.41, 5.74) is 1.57. The molecule has 0 aromatic heterocycles. The molecule has 0 bridgehead atoms. The minimum absolute atomic E-state index is 0.263. The fraction of sp³-hybridized carbons (Fsp3) is 0.381. The molecule has 29 heavy (non-hydrogen) atoms. The van der Waals surface area contributed by atoms with Crippen molar-refractivity contribution in [3.05, 3.63) is 54.1 Å². The third-order valence-corrected chi connectivity index (χ3v) is 5.32. The number of carbonyl (C=O) groups is 1. The number of rotatable bonds is 11. The number of para-hydroxylation sites is 2. The number of carbonyl (C=O) groups excluding carboxylic acids is 1. The highest BCUT2D eigenvalue weighted by atomic mass is 32.2. The molecule has 0 saturated carbocycles. The van der Waals surface area contributed by atoms with Crippen LogP contribution in [0.25, 0.3) is 0 Å². The predicted octanol–water partition coefficient (Wildman–Crippen LogP) is 2.61. The maximum absolute atomic E-state index is 12.3. The Morgan fingerprint density at radius 1 is 1.10 bits per heavy atom. The molecule has 0 unspecified atom stereocenters. The molecule has 0 atom stereocenters. The zero-order valence-corrected chi connectivity index (χ0v) is 17.9. The minimum atomic E-state index is -3.67. The smallest absolute Gasteiger partial charge is 0.240 e. The van der Waals surface area contributed by atoms with Gasteiger partial charge in [-0.25, -0.2) is 8.42 Å². The standard InChI is InChI=1S/C21H28N2O5S/c1-4-7-17-10-12-18(13-11-17)28-15-14-22-21(24)16-23(29(3,25)26)19-8-5-6-9-20(19)27-2/h5-6,8-13H,4,7,14-16H2,1-3H3,(H,22,24). The van der Waals surface area contributed by atoms with Gasteiger partial charge in [0.1, 0.15) is 24.7 Å². The van der Waals surface area contributed by atoms with Crippen molar-refractivity contribution in [3.63, 3.8) is 0 Å². The van der Waals surface area contributed by atoms with Crippen LogP contribution < -0.4 is 19.1 Å². The van der Waals surface area contributed by atoms with Gasteiger partial charge in [-0.15, -0.1) is 0 Å². The maximum Gasteiger partial charge on any atom is 0.240 e. The van der Waals surface area contributed by atoms with Crippen molar-refractivity contribution in [2.24, 2.45) is 0 Å². The molecular weight excluding hydrogens is 392 g/mol. The van der Waals surface area contributed by atoms with Crippen LogP contribution in [0.5, 0.6) is 11.5 Å². The first-order valence-corrected chi connectivity index (χ1v) is 11.3. The lowest BCUT2D eigenvalue weighted by Gasteiger charge is -2.23. The van der Waals surface area contributed by atoms with Gasteiger partial charge in [-0.2, -0.15) is 0 Å². The molecule has 2 aromatic rings. The van der Waals surface area contributed by atoms with Crippen molar-refractivity contribution < 1.29 is 22.7 Å². The van der Waals surface area contributed by atoms with Crippen LogP contribution in [-0.2, 0) is 21.2 Å². The fourth-order valence-electron chi connectivity index (χ4n) is 2.80. The molecule has 0 aliphatic heterocycles. The Kier molecular flexibility index (Phi) is 8.33. The van der Waals surface area contributed by atoms with Crippen LogP contribution in [0.4, 0.5) is 5.69 Å². The molecule has 0 aliphatic rings. The number of sulfonamides is 1. The first-order valence-electron chi connectivity index (χ1n) is 9.44. The van der Waals surface area contributed by atoms with E-state index in [4.69, 9.17) is 9.47 Å². The Morgan fingerprint density at radius 2 is 1.79 bits per heavy atom. The lowest BCUT2D eigenvalue weighted by atomic mass is 10.1. The molecule has 1 amide bonds. The number of nitrogens with one attached hydrogen (secondary N) is 1. The molecule has 2 rings (SSSR count).